The molecule has 0 amide bonds. The maximum Gasteiger partial charge on any atom is 0.143 e. The Kier molecular flexibility index (Phi) is 8.50. The van der Waals surface area contributed by atoms with E-state index in [1.54, 1.807) is 0 Å². The molecule has 1 aliphatic carbocycles. The van der Waals surface area contributed by atoms with E-state index in [2.05, 4.69) is 241 Å². The van der Waals surface area contributed by atoms with Gasteiger partial charge in [0, 0.05) is 49.6 Å². The van der Waals surface area contributed by atoms with Crippen LogP contribution in [0, 0.1) is 0 Å². The molecule has 0 N–H and O–H groups in total. The van der Waals surface area contributed by atoms with E-state index >= 15 is 0 Å². The first kappa shape index (κ1) is 38.4. The van der Waals surface area contributed by atoms with Crippen molar-refractivity contribution in [2.45, 2.75) is 5.41 Å². The molecule has 2 aromatic heterocycles. The average Bonchev–Trinajstić information content (AvgIpc) is 4.08. The lowest BCUT2D eigenvalue weighted by Gasteiger charge is -2.34. The Morgan fingerprint density at radius 3 is 1.62 bits per heavy atom. The first-order valence-electron chi connectivity index (χ1n) is 23.3. The zero-order chi connectivity index (χ0) is 44.8. The summed E-state index contributed by atoms with van der Waals surface area (Å²) in [6.45, 7) is 0. The fourth-order valence-electron chi connectivity index (χ4n) is 11.3. The van der Waals surface area contributed by atoms with Crippen LogP contribution in [0.15, 0.2) is 258 Å². The van der Waals surface area contributed by atoms with Crippen molar-refractivity contribution in [1.29, 1.82) is 0 Å². The topological polar surface area (TPSA) is 29.5 Å². The molecule has 0 aliphatic heterocycles. The fraction of sp³-hybridized carbons (Fsp3) is 0.0154. The summed E-state index contributed by atoms with van der Waals surface area (Å²) >= 11 is 0. The average molecular weight is 868 g/mol. The van der Waals surface area contributed by atoms with Gasteiger partial charge in [0.25, 0.3) is 0 Å². The Hall–Kier alpha value is -8.92. The second-order valence-corrected chi connectivity index (χ2v) is 17.9. The molecule has 0 unspecified atom stereocenters. The summed E-state index contributed by atoms with van der Waals surface area (Å²) in [5.41, 5.74) is 18.3. The molecule has 13 aromatic rings. The second-order valence-electron chi connectivity index (χ2n) is 17.9. The number of rotatable bonds is 7. The van der Waals surface area contributed by atoms with E-state index < -0.39 is 5.41 Å². The summed E-state index contributed by atoms with van der Waals surface area (Å²) in [5, 5.41) is 6.82. The zero-order valence-corrected chi connectivity index (χ0v) is 36.9. The molecule has 3 heteroatoms. The third kappa shape index (κ3) is 5.72. The lowest BCUT2D eigenvalue weighted by molar-refractivity contribution is 0.670. The van der Waals surface area contributed by atoms with Crippen molar-refractivity contribution >= 4 is 71.7 Å². The van der Waals surface area contributed by atoms with E-state index in [4.69, 9.17) is 8.83 Å². The molecule has 0 atom stereocenters. The number of nitrogens with zero attached hydrogens (tertiary/aromatic N) is 1. The van der Waals surface area contributed by atoms with E-state index in [0.717, 1.165) is 88.6 Å². The molecule has 1 aliphatic rings. The van der Waals surface area contributed by atoms with Crippen LogP contribution in [0.2, 0.25) is 0 Å². The number of anilines is 3. The van der Waals surface area contributed by atoms with Crippen molar-refractivity contribution in [3.63, 3.8) is 0 Å². The van der Waals surface area contributed by atoms with Crippen LogP contribution in [0.5, 0.6) is 0 Å². The van der Waals surface area contributed by atoms with Gasteiger partial charge in [0.2, 0.25) is 0 Å². The molecule has 0 radical (unpaired) electrons. The molecule has 14 rings (SSSR count). The van der Waals surface area contributed by atoms with E-state index in [0.29, 0.717) is 0 Å². The van der Waals surface area contributed by atoms with Crippen LogP contribution in [-0.2, 0) is 5.41 Å². The highest BCUT2D eigenvalue weighted by molar-refractivity contribution is 6.15. The van der Waals surface area contributed by atoms with Crippen molar-refractivity contribution in [3.8, 4) is 33.4 Å². The summed E-state index contributed by atoms with van der Waals surface area (Å²) < 4.78 is 13.1. The van der Waals surface area contributed by atoms with Crippen LogP contribution in [0.25, 0.3) is 88.0 Å². The molecule has 0 fully saturated rings. The predicted octanol–water partition coefficient (Wildman–Crippen LogP) is 17.8. The SMILES string of the molecule is c1ccc(C2(c3ccccc3)c3ccccc3-c3cc(N(c4ccc(-c5ccc6c(c5)oc5c7ccccc7ccc65)cc4)c4ccc(-c5cccc6c5oc5ccccc56)cc4)ccc32)cc1. The lowest BCUT2D eigenvalue weighted by atomic mass is 9.68. The fourth-order valence-corrected chi connectivity index (χ4v) is 11.3. The van der Waals surface area contributed by atoms with Gasteiger partial charge in [-0.25, -0.2) is 0 Å². The smallest absolute Gasteiger partial charge is 0.143 e. The molecule has 68 heavy (non-hydrogen) atoms. The standard InChI is InChI=1S/C65H41NO2/c1-3-15-46(16-4-1)65(47-17-5-2-6-18-47)59-24-11-9-20-53(59)58-41-50(36-39-60(58)65)66(49-34-28-44(29-35-49)52-22-13-23-56-54-21-10-12-25-61(54)67-63(52)56)48-32-26-42(27-33-48)45-31-37-55-57-38-30-43-14-7-8-19-51(43)64(57)68-62(55)40-45/h1-41H. The number of hydrogen-bond acceptors (Lipinski definition) is 3. The highest BCUT2D eigenvalue weighted by Crippen LogP contribution is 2.57. The largest absolute Gasteiger partial charge is 0.455 e. The second kappa shape index (κ2) is 15.1. The van der Waals surface area contributed by atoms with Crippen molar-refractivity contribution in [2.75, 3.05) is 4.90 Å². The molecule has 0 spiro atoms. The van der Waals surface area contributed by atoms with Gasteiger partial charge in [-0.3, -0.25) is 0 Å². The molecule has 2 heterocycles. The van der Waals surface area contributed by atoms with Crippen LogP contribution in [0.4, 0.5) is 17.1 Å². The maximum absolute atomic E-state index is 6.60. The summed E-state index contributed by atoms with van der Waals surface area (Å²) in [7, 11) is 0. The predicted molar refractivity (Wildman–Crippen MR) is 281 cm³/mol. The van der Waals surface area contributed by atoms with E-state index in [-0.39, 0.29) is 0 Å². The Labute approximate surface area is 393 Å². The molecular weight excluding hydrogens is 827 g/mol. The summed E-state index contributed by atoms with van der Waals surface area (Å²) in [6, 6.07) is 90.0. The third-order valence-electron chi connectivity index (χ3n) is 14.4. The minimum atomic E-state index is -0.479. The van der Waals surface area contributed by atoms with Gasteiger partial charge in [0.05, 0.1) is 5.41 Å². The lowest BCUT2D eigenvalue weighted by Crippen LogP contribution is -2.28. The number of hydrogen-bond donors (Lipinski definition) is 0. The normalized spacial score (nSPS) is 12.8. The Bertz CT molecular complexity index is 4030. The minimum Gasteiger partial charge on any atom is -0.455 e. The van der Waals surface area contributed by atoms with Crippen LogP contribution in [0.3, 0.4) is 0 Å². The number of para-hydroxylation sites is 2. The Morgan fingerprint density at radius 1 is 0.294 bits per heavy atom. The maximum atomic E-state index is 6.60. The van der Waals surface area contributed by atoms with Crippen molar-refractivity contribution in [2.24, 2.45) is 0 Å². The van der Waals surface area contributed by atoms with E-state index in [9.17, 15) is 0 Å². The number of furan rings is 2. The van der Waals surface area contributed by atoms with Gasteiger partial charge in [-0.05, 0) is 116 Å². The van der Waals surface area contributed by atoms with E-state index in [1.807, 2.05) is 12.1 Å². The molecule has 0 saturated carbocycles. The summed E-state index contributed by atoms with van der Waals surface area (Å²) in [6.07, 6.45) is 0. The summed E-state index contributed by atoms with van der Waals surface area (Å²) in [5.74, 6) is 0. The number of benzene rings is 11. The van der Waals surface area contributed by atoms with Crippen molar-refractivity contribution in [3.05, 3.63) is 271 Å². The van der Waals surface area contributed by atoms with Gasteiger partial charge in [-0.15, -0.1) is 0 Å². The van der Waals surface area contributed by atoms with Gasteiger partial charge in [0.1, 0.15) is 22.3 Å². The molecular formula is C65H41NO2. The zero-order valence-electron chi connectivity index (χ0n) is 36.9. The van der Waals surface area contributed by atoms with Gasteiger partial charge in [-0.1, -0.05) is 188 Å². The molecule has 11 aromatic carbocycles. The first-order valence-corrected chi connectivity index (χ1v) is 23.3. The molecule has 0 saturated heterocycles. The molecule has 318 valence electrons. The Balaban J connectivity index is 0.914. The van der Waals surface area contributed by atoms with Crippen molar-refractivity contribution < 1.29 is 8.83 Å². The Morgan fingerprint density at radius 2 is 0.838 bits per heavy atom. The van der Waals surface area contributed by atoms with Gasteiger partial charge in [0.15, 0.2) is 0 Å². The molecule has 0 bridgehead atoms. The minimum absolute atomic E-state index is 0.479. The van der Waals surface area contributed by atoms with Crippen LogP contribution in [-0.4, -0.2) is 0 Å². The van der Waals surface area contributed by atoms with Gasteiger partial charge < -0.3 is 13.7 Å². The number of fused-ring (bicyclic) bond motifs is 11. The first-order chi connectivity index (χ1) is 33.7. The van der Waals surface area contributed by atoms with Crippen LogP contribution in [0.1, 0.15) is 22.3 Å². The monoisotopic (exact) mass is 867 g/mol. The van der Waals surface area contributed by atoms with Crippen molar-refractivity contribution in [1.82, 2.24) is 0 Å². The van der Waals surface area contributed by atoms with Crippen LogP contribution >= 0.6 is 0 Å². The quantitative estimate of drug-likeness (QED) is 0.160. The van der Waals surface area contributed by atoms with Gasteiger partial charge in [-0.2, -0.15) is 0 Å². The van der Waals surface area contributed by atoms with Gasteiger partial charge >= 0.3 is 0 Å². The van der Waals surface area contributed by atoms with Crippen LogP contribution < -0.4 is 4.90 Å². The highest BCUT2D eigenvalue weighted by Gasteiger charge is 2.46. The molecule has 3 nitrogen and oxygen atoms in total. The third-order valence-corrected chi connectivity index (χ3v) is 14.4. The highest BCUT2D eigenvalue weighted by atomic mass is 16.3. The summed E-state index contributed by atoms with van der Waals surface area (Å²) in [4.78, 5) is 2.39. The van der Waals surface area contributed by atoms with E-state index in [1.165, 1.54) is 38.8 Å².